The van der Waals surface area contributed by atoms with Crippen molar-refractivity contribution >= 4 is 30.1 Å². The van der Waals surface area contributed by atoms with E-state index in [1.54, 1.807) is 0 Å². The smallest absolute Gasteiger partial charge is 0.230 e. The quantitative estimate of drug-likeness (QED) is 0.742. The van der Waals surface area contributed by atoms with Crippen molar-refractivity contribution in [1.82, 2.24) is 25.4 Å². The van der Waals surface area contributed by atoms with Crippen molar-refractivity contribution in [3.63, 3.8) is 0 Å². The first-order chi connectivity index (χ1) is 12.2. The second kappa shape index (κ2) is 11.1. The van der Waals surface area contributed by atoms with Crippen LogP contribution in [0.2, 0.25) is 0 Å². The Morgan fingerprint density at radius 3 is 2.58 bits per heavy atom. The molecule has 0 spiro atoms. The number of rotatable bonds is 5. The van der Waals surface area contributed by atoms with Crippen LogP contribution in [0.25, 0.3) is 0 Å². The van der Waals surface area contributed by atoms with Crippen LogP contribution >= 0.6 is 24.2 Å². The molecule has 2 heterocycles. The summed E-state index contributed by atoms with van der Waals surface area (Å²) in [5.41, 5.74) is 0. The molecule has 2 N–H and O–H groups in total. The number of thioether (sulfide) groups is 1. The number of nitrogens with one attached hydrogen (secondary N) is 2. The molecule has 1 aromatic heterocycles. The molecule has 0 bridgehead atoms. The van der Waals surface area contributed by atoms with Crippen LogP contribution in [-0.2, 0) is 11.8 Å². The predicted molar refractivity (Wildman–Crippen MR) is 108 cm³/mol. The van der Waals surface area contributed by atoms with Gasteiger partial charge in [-0.3, -0.25) is 4.79 Å². The van der Waals surface area contributed by atoms with Gasteiger partial charge in [0.2, 0.25) is 5.91 Å². The highest BCUT2D eigenvalue weighted by Gasteiger charge is 2.22. The molecule has 1 aromatic rings. The molecule has 1 amide bonds. The van der Waals surface area contributed by atoms with E-state index in [4.69, 9.17) is 0 Å². The lowest BCUT2D eigenvalue weighted by Crippen LogP contribution is -2.36. The number of hydrogen-bond acceptors (Lipinski definition) is 5. The number of aromatic nitrogens is 3. The van der Waals surface area contributed by atoms with Gasteiger partial charge in [-0.1, -0.05) is 43.9 Å². The van der Waals surface area contributed by atoms with E-state index in [-0.39, 0.29) is 18.3 Å². The number of amides is 1. The molecule has 1 aliphatic carbocycles. The third-order valence-corrected chi connectivity index (χ3v) is 6.35. The van der Waals surface area contributed by atoms with Crippen LogP contribution in [0.15, 0.2) is 5.16 Å². The summed E-state index contributed by atoms with van der Waals surface area (Å²) < 4.78 is 2.06. The zero-order valence-electron chi connectivity index (χ0n) is 15.7. The number of nitrogens with zero attached hydrogens (tertiary/aromatic N) is 3. The van der Waals surface area contributed by atoms with Crippen LogP contribution < -0.4 is 10.6 Å². The molecule has 8 heteroatoms. The zero-order chi connectivity index (χ0) is 17.5. The number of halogens is 1. The van der Waals surface area contributed by atoms with Crippen molar-refractivity contribution in [3.05, 3.63) is 5.82 Å². The van der Waals surface area contributed by atoms with E-state index in [0.717, 1.165) is 43.3 Å². The number of carbonyl (C=O) groups is 1. The third-order valence-electron chi connectivity index (χ3n) is 5.33. The van der Waals surface area contributed by atoms with Gasteiger partial charge < -0.3 is 15.2 Å². The van der Waals surface area contributed by atoms with Gasteiger partial charge in [0.25, 0.3) is 0 Å². The number of piperidine rings is 1. The SMILES string of the molecule is Cl.Cn1c(SCC(=O)NC2CCCCCCC2)nnc1C1CCCNC1. The highest BCUT2D eigenvalue weighted by atomic mass is 35.5. The lowest BCUT2D eigenvalue weighted by molar-refractivity contribution is -0.119. The lowest BCUT2D eigenvalue weighted by atomic mass is 9.97. The van der Waals surface area contributed by atoms with Crippen LogP contribution in [0.3, 0.4) is 0 Å². The topological polar surface area (TPSA) is 71.8 Å². The van der Waals surface area contributed by atoms with Crippen LogP contribution in [0.1, 0.15) is 69.5 Å². The van der Waals surface area contributed by atoms with Crippen molar-refractivity contribution < 1.29 is 4.79 Å². The molecule has 3 rings (SSSR count). The maximum absolute atomic E-state index is 12.3. The minimum atomic E-state index is 0. The fourth-order valence-corrected chi connectivity index (χ4v) is 4.61. The van der Waals surface area contributed by atoms with Gasteiger partial charge in [-0.05, 0) is 32.2 Å². The summed E-state index contributed by atoms with van der Waals surface area (Å²) >= 11 is 1.49. The molecular formula is C18H32ClN5OS. The van der Waals surface area contributed by atoms with E-state index in [2.05, 4.69) is 25.4 Å². The number of hydrogen-bond donors (Lipinski definition) is 2. The van der Waals surface area contributed by atoms with Gasteiger partial charge in [0.15, 0.2) is 5.16 Å². The Morgan fingerprint density at radius 1 is 1.15 bits per heavy atom. The van der Waals surface area contributed by atoms with E-state index in [0.29, 0.717) is 17.7 Å². The molecule has 1 saturated carbocycles. The van der Waals surface area contributed by atoms with Crippen molar-refractivity contribution in [2.75, 3.05) is 18.8 Å². The van der Waals surface area contributed by atoms with Gasteiger partial charge in [-0.2, -0.15) is 0 Å². The van der Waals surface area contributed by atoms with E-state index in [1.807, 2.05) is 7.05 Å². The fourth-order valence-electron chi connectivity index (χ4n) is 3.88. The van der Waals surface area contributed by atoms with Gasteiger partial charge in [0, 0.05) is 25.6 Å². The van der Waals surface area contributed by atoms with E-state index in [9.17, 15) is 4.79 Å². The Balaban J connectivity index is 0.00000243. The minimum absolute atomic E-state index is 0. The number of carbonyl (C=O) groups excluding carboxylic acids is 1. The maximum atomic E-state index is 12.3. The molecular weight excluding hydrogens is 370 g/mol. The standard InChI is InChI=1S/C18H31N5OS.ClH/c1-23-17(14-8-7-11-19-12-14)21-22-18(23)25-13-16(24)20-15-9-5-3-2-4-6-10-15;/h14-15,19H,2-13H2,1H3,(H,20,24);1H. The van der Waals surface area contributed by atoms with Crippen LogP contribution in [-0.4, -0.2) is 45.6 Å². The molecule has 148 valence electrons. The van der Waals surface area contributed by atoms with E-state index >= 15 is 0 Å². The van der Waals surface area contributed by atoms with Crippen molar-refractivity contribution in [1.29, 1.82) is 0 Å². The zero-order valence-corrected chi connectivity index (χ0v) is 17.3. The molecule has 1 atom stereocenters. The molecule has 2 aliphatic rings. The summed E-state index contributed by atoms with van der Waals surface area (Å²) in [5.74, 6) is 2.02. The summed E-state index contributed by atoms with van der Waals surface area (Å²) in [4.78, 5) is 12.3. The van der Waals surface area contributed by atoms with Crippen molar-refractivity contribution in [2.24, 2.45) is 7.05 Å². The molecule has 2 fully saturated rings. The van der Waals surface area contributed by atoms with Gasteiger partial charge in [0.05, 0.1) is 5.75 Å². The highest BCUT2D eigenvalue weighted by Crippen LogP contribution is 2.25. The van der Waals surface area contributed by atoms with Crippen molar-refractivity contribution in [3.8, 4) is 0 Å². The average Bonchev–Trinajstić information content (AvgIpc) is 2.97. The second-order valence-electron chi connectivity index (χ2n) is 7.34. The summed E-state index contributed by atoms with van der Waals surface area (Å²) in [6, 6.07) is 0.358. The predicted octanol–water partition coefficient (Wildman–Crippen LogP) is 3.03. The Morgan fingerprint density at radius 2 is 1.88 bits per heavy atom. The van der Waals surface area contributed by atoms with Gasteiger partial charge in [0.1, 0.15) is 5.82 Å². The van der Waals surface area contributed by atoms with Crippen LogP contribution in [0.5, 0.6) is 0 Å². The molecule has 1 saturated heterocycles. The Labute approximate surface area is 167 Å². The maximum Gasteiger partial charge on any atom is 0.230 e. The Kier molecular flexibility index (Phi) is 9.22. The van der Waals surface area contributed by atoms with Gasteiger partial charge in [-0.25, -0.2) is 0 Å². The monoisotopic (exact) mass is 401 g/mol. The van der Waals surface area contributed by atoms with Crippen molar-refractivity contribution in [2.45, 2.75) is 74.9 Å². The fraction of sp³-hybridized carbons (Fsp3) is 0.833. The first-order valence-electron chi connectivity index (χ1n) is 9.76. The minimum Gasteiger partial charge on any atom is -0.353 e. The molecule has 6 nitrogen and oxygen atoms in total. The normalized spacial score (nSPS) is 22.1. The largest absolute Gasteiger partial charge is 0.353 e. The van der Waals surface area contributed by atoms with Crippen LogP contribution in [0.4, 0.5) is 0 Å². The van der Waals surface area contributed by atoms with Gasteiger partial charge in [-0.15, -0.1) is 22.6 Å². The third kappa shape index (κ3) is 6.13. The lowest BCUT2D eigenvalue weighted by Gasteiger charge is -2.22. The summed E-state index contributed by atoms with van der Waals surface area (Å²) in [7, 11) is 2.01. The first-order valence-corrected chi connectivity index (χ1v) is 10.7. The summed E-state index contributed by atoms with van der Waals surface area (Å²) in [6.45, 7) is 2.07. The second-order valence-corrected chi connectivity index (χ2v) is 8.28. The highest BCUT2D eigenvalue weighted by molar-refractivity contribution is 7.99. The molecule has 0 radical (unpaired) electrons. The summed E-state index contributed by atoms with van der Waals surface area (Å²) in [5, 5.41) is 16.2. The Bertz CT molecular complexity index is 554. The molecule has 26 heavy (non-hydrogen) atoms. The van der Waals surface area contributed by atoms with Crippen LogP contribution in [0, 0.1) is 0 Å². The first kappa shape index (κ1) is 21.5. The molecule has 0 aromatic carbocycles. The molecule has 1 aliphatic heterocycles. The van der Waals surface area contributed by atoms with E-state index < -0.39 is 0 Å². The average molecular weight is 402 g/mol. The Hall–Kier alpha value is -0.790. The molecule has 1 unspecified atom stereocenters. The summed E-state index contributed by atoms with van der Waals surface area (Å²) in [6.07, 6.45) is 11.0. The van der Waals surface area contributed by atoms with E-state index in [1.165, 1.54) is 50.3 Å². The van der Waals surface area contributed by atoms with Gasteiger partial charge >= 0.3 is 0 Å².